The molecule has 0 saturated carbocycles. The maximum absolute atomic E-state index is 13.7. The normalized spacial score (nSPS) is 16.9. The highest BCUT2D eigenvalue weighted by atomic mass is 32.2. The average molecular weight is 348 g/mol. The monoisotopic (exact) mass is 348 g/mol. The molecule has 3 rings (SSSR count). The predicted molar refractivity (Wildman–Crippen MR) is 93.0 cm³/mol. The molecule has 1 N–H and O–H groups in total. The molecule has 0 amide bonds. The van der Waals surface area contributed by atoms with Crippen molar-refractivity contribution in [2.75, 3.05) is 18.4 Å². The fraction of sp³-hybridized carbons (Fsp3) is 0.333. The van der Waals surface area contributed by atoms with Gasteiger partial charge in [-0.2, -0.15) is 4.31 Å². The minimum Gasteiger partial charge on any atom is -0.380 e. The zero-order chi connectivity index (χ0) is 17.2. The number of piperidine rings is 1. The molecule has 2 aromatic rings. The van der Waals surface area contributed by atoms with Crippen molar-refractivity contribution in [2.45, 2.75) is 30.7 Å². The maximum Gasteiger partial charge on any atom is 0.243 e. The van der Waals surface area contributed by atoms with E-state index >= 15 is 0 Å². The van der Waals surface area contributed by atoms with Crippen molar-refractivity contribution in [2.24, 2.45) is 0 Å². The average Bonchev–Trinajstić information content (AvgIpc) is 2.58. The van der Waals surface area contributed by atoms with Crippen LogP contribution in [0.3, 0.4) is 0 Å². The standard InChI is InChI=1S/C18H21FN2O2S/c1-14-6-8-16(9-7-14)24(22,23)21-12-10-15(11-13-21)20-18-5-3-2-4-17(18)19/h2-9,15,20H,10-13H2,1H3. The molecule has 0 aromatic heterocycles. The summed E-state index contributed by atoms with van der Waals surface area (Å²) in [6.45, 7) is 2.79. The van der Waals surface area contributed by atoms with Crippen LogP contribution in [0.5, 0.6) is 0 Å². The summed E-state index contributed by atoms with van der Waals surface area (Å²) in [4.78, 5) is 0.327. The van der Waals surface area contributed by atoms with Crippen molar-refractivity contribution in [3.8, 4) is 0 Å². The zero-order valence-electron chi connectivity index (χ0n) is 13.6. The van der Waals surface area contributed by atoms with Crippen LogP contribution in [0.15, 0.2) is 53.4 Å². The van der Waals surface area contributed by atoms with Crippen molar-refractivity contribution < 1.29 is 12.8 Å². The molecule has 6 heteroatoms. The Kier molecular flexibility index (Phi) is 4.87. The summed E-state index contributed by atoms with van der Waals surface area (Å²) in [7, 11) is -3.45. The van der Waals surface area contributed by atoms with Gasteiger partial charge in [-0.25, -0.2) is 12.8 Å². The van der Waals surface area contributed by atoms with Gasteiger partial charge in [-0.1, -0.05) is 29.8 Å². The van der Waals surface area contributed by atoms with E-state index in [-0.39, 0.29) is 11.9 Å². The van der Waals surface area contributed by atoms with E-state index in [0.717, 1.165) is 5.56 Å². The molecule has 1 aliphatic heterocycles. The first-order valence-corrected chi connectivity index (χ1v) is 9.49. The van der Waals surface area contributed by atoms with E-state index in [1.165, 1.54) is 10.4 Å². The first kappa shape index (κ1) is 16.9. The lowest BCUT2D eigenvalue weighted by atomic mass is 10.1. The highest BCUT2D eigenvalue weighted by Gasteiger charge is 2.29. The molecule has 0 atom stereocenters. The number of hydrogen-bond acceptors (Lipinski definition) is 3. The number of hydrogen-bond donors (Lipinski definition) is 1. The van der Waals surface area contributed by atoms with Gasteiger partial charge in [0.15, 0.2) is 0 Å². The fourth-order valence-electron chi connectivity index (χ4n) is 2.90. The summed E-state index contributed by atoms with van der Waals surface area (Å²) >= 11 is 0. The molecule has 1 heterocycles. The van der Waals surface area contributed by atoms with Crippen molar-refractivity contribution in [1.29, 1.82) is 0 Å². The quantitative estimate of drug-likeness (QED) is 0.921. The molecular weight excluding hydrogens is 327 g/mol. The van der Waals surface area contributed by atoms with Crippen LogP contribution in [0, 0.1) is 12.7 Å². The predicted octanol–water partition coefficient (Wildman–Crippen LogP) is 3.40. The van der Waals surface area contributed by atoms with Crippen LogP contribution >= 0.6 is 0 Å². The van der Waals surface area contributed by atoms with Crippen LogP contribution in [0.4, 0.5) is 10.1 Å². The number of nitrogens with zero attached hydrogens (tertiary/aromatic N) is 1. The van der Waals surface area contributed by atoms with Crippen LogP contribution in [-0.4, -0.2) is 31.9 Å². The van der Waals surface area contributed by atoms with Gasteiger partial charge >= 0.3 is 0 Å². The molecule has 0 bridgehead atoms. The molecule has 1 fully saturated rings. The van der Waals surface area contributed by atoms with Crippen molar-refractivity contribution >= 4 is 15.7 Å². The highest BCUT2D eigenvalue weighted by molar-refractivity contribution is 7.89. The van der Waals surface area contributed by atoms with Gasteiger partial charge in [-0.15, -0.1) is 0 Å². The lowest BCUT2D eigenvalue weighted by Gasteiger charge is -2.32. The molecule has 2 aromatic carbocycles. The van der Waals surface area contributed by atoms with Gasteiger partial charge in [-0.05, 0) is 44.0 Å². The molecule has 0 unspecified atom stereocenters. The fourth-order valence-corrected chi connectivity index (χ4v) is 4.37. The first-order valence-electron chi connectivity index (χ1n) is 8.05. The Morgan fingerprint density at radius 1 is 1.04 bits per heavy atom. The molecule has 1 aliphatic rings. The number of halogens is 1. The molecule has 0 radical (unpaired) electrons. The van der Waals surface area contributed by atoms with Crippen molar-refractivity contribution in [3.05, 3.63) is 59.9 Å². The molecule has 0 spiro atoms. The second-order valence-electron chi connectivity index (χ2n) is 6.12. The minimum absolute atomic E-state index is 0.0753. The number of sulfonamides is 1. The largest absolute Gasteiger partial charge is 0.380 e. The number of anilines is 1. The van der Waals surface area contributed by atoms with Gasteiger partial charge in [0, 0.05) is 19.1 Å². The van der Waals surface area contributed by atoms with E-state index in [4.69, 9.17) is 0 Å². The Morgan fingerprint density at radius 2 is 1.67 bits per heavy atom. The molecule has 1 saturated heterocycles. The van der Waals surface area contributed by atoms with Crippen LogP contribution in [0.2, 0.25) is 0 Å². The summed E-state index contributed by atoms with van der Waals surface area (Å²) in [5, 5.41) is 3.17. The van der Waals surface area contributed by atoms with Crippen LogP contribution < -0.4 is 5.32 Å². The number of aryl methyl sites for hydroxylation is 1. The molecule has 128 valence electrons. The smallest absolute Gasteiger partial charge is 0.243 e. The summed E-state index contributed by atoms with van der Waals surface area (Å²) in [6.07, 6.45) is 1.30. The lowest BCUT2D eigenvalue weighted by Crippen LogP contribution is -2.42. The van der Waals surface area contributed by atoms with Crippen molar-refractivity contribution in [3.63, 3.8) is 0 Å². The summed E-state index contributed by atoms with van der Waals surface area (Å²) in [5.41, 5.74) is 1.50. The van der Waals surface area contributed by atoms with Crippen LogP contribution in [0.25, 0.3) is 0 Å². The summed E-state index contributed by atoms with van der Waals surface area (Å²) in [6, 6.07) is 13.5. The molecule has 0 aliphatic carbocycles. The third-order valence-electron chi connectivity index (χ3n) is 4.35. The minimum atomic E-state index is -3.45. The Morgan fingerprint density at radius 3 is 2.29 bits per heavy atom. The molecule has 4 nitrogen and oxygen atoms in total. The Hall–Kier alpha value is -1.92. The third-order valence-corrected chi connectivity index (χ3v) is 6.26. The number of nitrogens with one attached hydrogen (secondary N) is 1. The van der Waals surface area contributed by atoms with E-state index in [0.29, 0.717) is 36.5 Å². The summed E-state index contributed by atoms with van der Waals surface area (Å²) < 4.78 is 40.5. The topological polar surface area (TPSA) is 49.4 Å². The van der Waals surface area contributed by atoms with E-state index < -0.39 is 10.0 Å². The van der Waals surface area contributed by atoms with Gasteiger partial charge in [0.05, 0.1) is 10.6 Å². The summed E-state index contributed by atoms with van der Waals surface area (Å²) in [5.74, 6) is -0.285. The Labute approximate surface area is 142 Å². The Balaban J connectivity index is 1.64. The maximum atomic E-state index is 13.7. The number of rotatable bonds is 4. The third kappa shape index (κ3) is 3.60. The highest BCUT2D eigenvalue weighted by Crippen LogP contribution is 2.23. The van der Waals surface area contributed by atoms with Gasteiger partial charge < -0.3 is 5.32 Å². The second kappa shape index (κ2) is 6.91. The first-order chi connectivity index (χ1) is 11.5. The molecule has 24 heavy (non-hydrogen) atoms. The van der Waals surface area contributed by atoms with Gasteiger partial charge in [0.2, 0.25) is 10.0 Å². The van der Waals surface area contributed by atoms with Gasteiger partial charge in [0.25, 0.3) is 0 Å². The van der Waals surface area contributed by atoms with Crippen molar-refractivity contribution in [1.82, 2.24) is 4.31 Å². The van der Waals surface area contributed by atoms with E-state index in [1.54, 1.807) is 42.5 Å². The van der Waals surface area contributed by atoms with Crippen LogP contribution in [-0.2, 0) is 10.0 Å². The van der Waals surface area contributed by atoms with E-state index in [9.17, 15) is 12.8 Å². The SMILES string of the molecule is Cc1ccc(S(=O)(=O)N2CCC(Nc3ccccc3F)CC2)cc1. The second-order valence-corrected chi connectivity index (χ2v) is 8.05. The van der Waals surface area contributed by atoms with Gasteiger partial charge in [-0.3, -0.25) is 0 Å². The van der Waals surface area contributed by atoms with Crippen LogP contribution in [0.1, 0.15) is 18.4 Å². The van der Waals surface area contributed by atoms with E-state index in [1.807, 2.05) is 6.92 Å². The number of para-hydroxylation sites is 1. The lowest BCUT2D eigenvalue weighted by molar-refractivity contribution is 0.329. The zero-order valence-corrected chi connectivity index (χ0v) is 14.4. The van der Waals surface area contributed by atoms with E-state index in [2.05, 4.69) is 5.32 Å². The Bertz CT molecular complexity index is 798. The number of benzene rings is 2. The van der Waals surface area contributed by atoms with Gasteiger partial charge in [0.1, 0.15) is 5.82 Å². The molecular formula is C18H21FN2O2S.